The third kappa shape index (κ3) is 2.93. The van der Waals surface area contributed by atoms with Gasteiger partial charge in [-0.25, -0.2) is 4.79 Å². The van der Waals surface area contributed by atoms with Crippen LogP contribution in [-0.2, 0) is 24.3 Å². The standard InChI is InChI=1S/C14H16N2O3/c1-2-15-7-8-16(14(15)19)10-12-6-4-3-5-11(12)9-13(17)18/h3-8H,2,9-10H2,1H3,(H,17,18). The number of aliphatic carboxylic acids is 1. The first kappa shape index (κ1) is 13.1. The van der Waals surface area contributed by atoms with Crippen molar-refractivity contribution in [2.75, 3.05) is 0 Å². The largest absolute Gasteiger partial charge is 0.481 e. The molecule has 0 saturated heterocycles. The minimum Gasteiger partial charge on any atom is -0.481 e. The Balaban J connectivity index is 2.30. The second-order valence-corrected chi connectivity index (χ2v) is 4.33. The summed E-state index contributed by atoms with van der Waals surface area (Å²) in [4.78, 5) is 22.8. The zero-order chi connectivity index (χ0) is 13.8. The molecule has 0 bridgehead atoms. The summed E-state index contributed by atoms with van der Waals surface area (Å²) < 4.78 is 3.20. The van der Waals surface area contributed by atoms with Crippen LogP contribution in [0.1, 0.15) is 18.1 Å². The zero-order valence-corrected chi connectivity index (χ0v) is 10.7. The van der Waals surface area contributed by atoms with E-state index in [4.69, 9.17) is 5.11 Å². The SMILES string of the molecule is CCn1ccn(Cc2ccccc2CC(=O)O)c1=O. The molecular formula is C14H16N2O3. The first-order valence-electron chi connectivity index (χ1n) is 6.16. The molecular weight excluding hydrogens is 244 g/mol. The van der Waals surface area contributed by atoms with Crippen LogP contribution in [0.15, 0.2) is 41.5 Å². The van der Waals surface area contributed by atoms with Gasteiger partial charge in [-0.15, -0.1) is 0 Å². The van der Waals surface area contributed by atoms with Crippen molar-refractivity contribution in [1.29, 1.82) is 0 Å². The van der Waals surface area contributed by atoms with Crippen LogP contribution in [0.5, 0.6) is 0 Å². The molecule has 5 heteroatoms. The smallest absolute Gasteiger partial charge is 0.328 e. The Hall–Kier alpha value is -2.30. The maximum atomic E-state index is 11.9. The van der Waals surface area contributed by atoms with Gasteiger partial charge in [0.15, 0.2) is 0 Å². The lowest BCUT2D eigenvalue weighted by Gasteiger charge is -2.07. The molecule has 2 rings (SSSR count). The number of hydrogen-bond donors (Lipinski definition) is 1. The Morgan fingerprint density at radius 1 is 1.16 bits per heavy atom. The van der Waals surface area contributed by atoms with Crippen LogP contribution in [0, 0.1) is 0 Å². The minimum absolute atomic E-state index is 0.0284. The molecule has 0 unspecified atom stereocenters. The summed E-state index contributed by atoms with van der Waals surface area (Å²) in [6.45, 7) is 2.93. The van der Waals surface area contributed by atoms with Crippen LogP contribution < -0.4 is 5.69 Å². The van der Waals surface area contributed by atoms with E-state index in [1.54, 1.807) is 27.6 Å². The molecule has 19 heavy (non-hydrogen) atoms. The fourth-order valence-corrected chi connectivity index (χ4v) is 2.05. The summed E-state index contributed by atoms with van der Waals surface area (Å²) >= 11 is 0. The number of aryl methyl sites for hydroxylation is 1. The molecule has 0 spiro atoms. The minimum atomic E-state index is -0.870. The van der Waals surface area contributed by atoms with E-state index in [0.717, 1.165) is 11.1 Å². The number of nitrogens with zero attached hydrogens (tertiary/aromatic N) is 2. The molecule has 5 nitrogen and oxygen atoms in total. The van der Waals surface area contributed by atoms with Crippen LogP contribution in [0.2, 0.25) is 0 Å². The van der Waals surface area contributed by atoms with Crippen LogP contribution in [0.3, 0.4) is 0 Å². The highest BCUT2D eigenvalue weighted by Crippen LogP contribution is 2.11. The van der Waals surface area contributed by atoms with Crippen molar-refractivity contribution in [3.05, 3.63) is 58.3 Å². The molecule has 0 radical (unpaired) electrons. The van der Waals surface area contributed by atoms with Gasteiger partial charge in [0.25, 0.3) is 0 Å². The average Bonchev–Trinajstić information content (AvgIpc) is 2.72. The van der Waals surface area contributed by atoms with Gasteiger partial charge in [-0.3, -0.25) is 13.9 Å². The van der Waals surface area contributed by atoms with Gasteiger partial charge in [0.2, 0.25) is 0 Å². The maximum Gasteiger partial charge on any atom is 0.328 e. The van der Waals surface area contributed by atoms with Crippen LogP contribution in [-0.4, -0.2) is 20.2 Å². The molecule has 0 fully saturated rings. The Kier molecular flexibility index (Phi) is 3.85. The third-order valence-electron chi connectivity index (χ3n) is 3.06. The molecule has 0 aliphatic heterocycles. The normalized spacial score (nSPS) is 10.6. The maximum absolute atomic E-state index is 11.9. The summed E-state index contributed by atoms with van der Waals surface area (Å²) in [7, 11) is 0. The lowest BCUT2D eigenvalue weighted by molar-refractivity contribution is -0.136. The van der Waals surface area contributed by atoms with Crippen molar-refractivity contribution in [2.45, 2.75) is 26.4 Å². The van der Waals surface area contributed by atoms with Gasteiger partial charge in [-0.2, -0.15) is 0 Å². The number of aromatic nitrogens is 2. The molecule has 0 aliphatic carbocycles. The molecule has 1 heterocycles. The summed E-state index contributed by atoms with van der Waals surface area (Å²) in [6.07, 6.45) is 3.44. The van der Waals surface area contributed by atoms with Crippen LogP contribution in [0.25, 0.3) is 0 Å². The predicted octanol–water partition coefficient (Wildman–Crippen LogP) is 1.35. The van der Waals surface area contributed by atoms with E-state index >= 15 is 0 Å². The van der Waals surface area contributed by atoms with Gasteiger partial charge in [-0.05, 0) is 18.1 Å². The van der Waals surface area contributed by atoms with Crippen molar-refractivity contribution >= 4 is 5.97 Å². The number of carboxylic acids is 1. The van der Waals surface area contributed by atoms with Gasteiger partial charge < -0.3 is 5.11 Å². The van der Waals surface area contributed by atoms with E-state index < -0.39 is 5.97 Å². The lowest BCUT2D eigenvalue weighted by atomic mass is 10.0. The van der Waals surface area contributed by atoms with Gasteiger partial charge in [0, 0.05) is 18.9 Å². The van der Waals surface area contributed by atoms with Crippen molar-refractivity contribution in [2.24, 2.45) is 0 Å². The number of carboxylic acid groups (broad SMARTS) is 1. The molecule has 2 aromatic rings. The topological polar surface area (TPSA) is 64.2 Å². The quantitative estimate of drug-likeness (QED) is 0.882. The molecule has 0 saturated carbocycles. The fourth-order valence-electron chi connectivity index (χ4n) is 2.05. The lowest BCUT2D eigenvalue weighted by Crippen LogP contribution is -2.24. The third-order valence-corrected chi connectivity index (χ3v) is 3.06. The van der Waals surface area contributed by atoms with E-state index in [1.807, 2.05) is 25.1 Å². The van der Waals surface area contributed by atoms with Crippen LogP contribution in [0.4, 0.5) is 0 Å². The highest BCUT2D eigenvalue weighted by atomic mass is 16.4. The van der Waals surface area contributed by atoms with Gasteiger partial charge >= 0.3 is 11.7 Å². The molecule has 0 amide bonds. The van der Waals surface area contributed by atoms with Gasteiger partial charge in [0.1, 0.15) is 0 Å². The zero-order valence-electron chi connectivity index (χ0n) is 10.7. The Bertz CT molecular complexity index is 640. The second kappa shape index (κ2) is 5.56. The number of carbonyl (C=O) groups is 1. The Morgan fingerprint density at radius 3 is 2.37 bits per heavy atom. The molecule has 1 aromatic heterocycles. The molecule has 0 atom stereocenters. The summed E-state index contributed by atoms with van der Waals surface area (Å²) in [5, 5.41) is 8.88. The molecule has 1 N–H and O–H groups in total. The number of benzene rings is 1. The van der Waals surface area contributed by atoms with Gasteiger partial charge in [-0.1, -0.05) is 24.3 Å². The first-order chi connectivity index (χ1) is 9.11. The van der Waals surface area contributed by atoms with Crippen molar-refractivity contribution in [3.8, 4) is 0 Å². The number of hydrogen-bond acceptors (Lipinski definition) is 2. The first-order valence-corrected chi connectivity index (χ1v) is 6.16. The fraction of sp³-hybridized carbons (Fsp3) is 0.286. The Labute approximate surface area is 110 Å². The highest BCUT2D eigenvalue weighted by molar-refractivity contribution is 5.70. The van der Waals surface area contributed by atoms with Crippen LogP contribution >= 0.6 is 0 Å². The molecule has 0 aliphatic rings. The number of rotatable bonds is 5. The molecule has 100 valence electrons. The predicted molar refractivity (Wildman–Crippen MR) is 71.2 cm³/mol. The van der Waals surface area contributed by atoms with E-state index in [9.17, 15) is 9.59 Å². The number of imidazole rings is 1. The monoisotopic (exact) mass is 260 g/mol. The van der Waals surface area contributed by atoms with Gasteiger partial charge in [0.05, 0.1) is 13.0 Å². The van der Waals surface area contributed by atoms with Crippen molar-refractivity contribution in [3.63, 3.8) is 0 Å². The summed E-state index contributed by atoms with van der Waals surface area (Å²) in [6, 6.07) is 7.30. The van der Waals surface area contributed by atoms with Crippen molar-refractivity contribution in [1.82, 2.24) is 9.13 Å². The summed E-state index contributed by atoms with van der Waals surface area (Å²) in [5.74, 6) is -0.870. The van der Waals surface area contributed by atoms with Crippen molar-refractivity contribution < 1.29 is 9.90 Å². The van der Waals surface area contributed by atoms with E-state index in [-0.39, 0.29) is 12.1 Å². The Morgan fingerprint density at radius 2 is 1.79 bits per heavy atom. The highest BCUT2D eigenvalue weighted by Gasteiger charge is 2.08. The van der Waals surface area contributed by atoms with E-state index in [1.165, 1.54) is 0 Å². The molecule has 1 aromatic carbocycles. The average molecular weight is 260 g/mol. The van der Waals surface area contributed by atoms with E-state index in [0.29, 0.717) is 13.1 Å². The second-order valence-electron chi connectivity index (χ2n) is 4.33. The summed E-state index contributed by atoms with van der Waals surface area (Å²) in [5.41, 5.74) is 1.53. The van der Waals surface area contributed by atoms with E-state index in [2.05, 4.69) is 0 Å².